The van der Waals surface area contributed by atoms with Crippen molar-refractivity contribution in [1.29, 1.82) is 0 Å². The largest absolute Gasteiger partial charge is 0.316 e. The van der Waals surface area contributed by atoms with E-state index in [0.717, 1.165) is 13.0 Å². The molecular formula is C13H16FNO. The molecule has 0 aromatic heterocycles. The second kappa shape index (κ2) is 3.98. The highest BCUT2D eigenvalue weighted by atomic mass is 19.1. The lowest BCUT2D eigenvalue weighted by atomic mass is 9.81. The SMILES string of the molecule is Cc1ccc(C(=O)C2(C)CCNC2)cc1F. The van der Waals surface area contributed by atoms with Gasteiger partial charge >= 0.3 is 0 Å². The molecule has 1 N–H and O–H groups in total. The van der Waals surface area contributed by atoms with Crippen molar-refractivity contribution in [3.8, 4) is 0 Å². The van der Waals surface area contributed by atoms with Gasteiger partial charge in [-0.05, 0) is 31.5 Å². The molecule has 1 aromatic carbocycles. The summed E-state index contributed by atoms with van der Waals surface area (Å²) >= 11 is 0. The summed E-state index contributed by atoms with van der Waals surface area (Å²) in [6, 6.07) is 4.72. The third-order valence-electron chi connectivity index (χ3n) is 3.35. The molecule has 0 amide bonds. The Morgan fingerprint density at radius 2 is 2.25 bits per heavy atom. The lowest BCUT2D eigenvalue weighted by molar-refractivity contribution is 0.0839. The molecule has 0 spiro atoms. The normalized spacial score (nSPS) is 24.7. The maximum atomic E-state index is 13.4. The van der Waals surface area contributed by atoms with E-state index in [1.807, 2.05) is 6.92 Å². The summed E-state index contributed by atoms with van der Waals surface area (Å²) in [5.74, 6) is -0.267. The number of Topliss-reactive ketones (excluding diaryl/α,β-unsaturated/α-hetero) is 1. The van der Waals surface area contributed by atoms with Gasteiger partial charge in [0.05, 0.1) is 0 Å². The number of rotatable bonds is 2. The minimum atomic E-state index is -0.373. The number of carbonyl (C=O) groups excluding carboxylic acids is 1. The van der Waals surface area contributed by atoms with Gasteiger partial charge in [0.1, 0.15) is 5.82 Å². The van der Waals surface area contributed by atoms with Gasteiger partial charge in [0, 0.05) is 17.5 Å². The average molecular weight is 221 g/mol. The minimum absolute atomic E-state index is 0.0383. The second-order valence-electron chi connectivity index (χ2n) is 4.78. The number of nitrogens with one attached hydrogen (secondary N) is 1. The van der Waals surface area contributed by atoms with Crippen molar-refractivity contribution in [3.05, 3.63) is 35.1 Å². The van der Waals surface area contributed by atoms with Crippen LogP contribution in [0.3, 0.4) is 0 Å². The van der Waals surface area contributed by atoms with E-state index in [2.05, 4.69) is 5.32 Å². The van der Waals surface area contributed by atoms with E-state index >= 15 is 0 Å². The Morgan fingerprint density at radius 1 is 1.50 bits per heavy atom. The highest BCUT2D eigenvalue weighted by Crippen LogP contribution is 2.29. The van der Waals surface area contributed by atoms with Crippen LogP contribution in [-0.2, 0) is 0 Å². The lowest BCUT2D eigenvalue weighted by Crippen LogP contribution is -2.30. The van der Waals surface area contributed by atoms with Gasteiger partial charge in [0.25, 0.3) is 0 Å². The van der Waals surface area contributed by atoms with E-state index in [1.54, 1.807) is 19.1 Å². The monoisotopic (exact) mass is 221 g/mol. The summed E-state index contributed by atoms with van der Waals surface area (Å²) in [6.07, 6.45) is 0.821. The molecule has 1 saturated heterocycles. The van der Waals surface area contributed by atoms with E-state index < -0.39 is 0 Å². The Kier molecular flexibility index (Phi) is 2.80. The van der Waals surface area contributed by atoms with Crippen LogP contribution in [-0.4, -0.2) is 18.9 Å². The first-order chi connectivity index (χ1) is 7.53. The standard InChI is InChI=1S/C13H16FNO/c1-9-3-4-10(7-11(9)14)12(16)13(2)5-6-15-8-13/h3-4,7,15H,5-6,8H2,1-2H3. The van der Waals surface area contributed by atoms with Crippen molar-refractivity contribution in [2.45, 2.75) is 20.3 Å². The molecule has 1 aliphatic rings. The number of benzene rings is 1. The van der Waals surface area contributed by atoms with Crippen LogP contribution in [0.2, 0.25) is 0 Å². The van der Waals surface area contributed by atoms with Gasteiger partial charge < -0.3 is 5.32 Å². The highest BCUT2D eigenvalue weighted by molar-refractivity contribution is 6.00. The molecule has 1 heterocycles. The van der Waals surface area contributed by atoms with Crippen LogP contribution in [0.25, 0.3) is 0 Å². The molecule has 0 radical (unpaired) electrons. The van der Waals surface area contributed by atoms with E-state index in [1.165, 1.54) is 6.07 Å². The number of hydrogen-bond acceptors (Lipinski definition) is 2. The Balaban J connectivity index is 2.30. The van der Waals surface area contributed by atoms with E-state index in [0.29, 0.717) is 17.7 Å². The predicted molar refractivity (Wildman–Crippen MR) is 61.1 cm³/mol. The molecule has 3 heteroatoms. The van der Waals surface area contributed by atoms with Gasteiger partial charge in [-0.15, -0.1) is 0 Å². The van der Waals surface area contributed by atoms with Crippen LogP contribution < -0.4 is 5.32 Å². The van der Waals surface area contributed by atoms with Gasteiger partial charge in [-0.1, -0.05) is 19.1 Å². The van der Waals surface area contributed by atoms with E-state index in [4.69, 9.17) is 0 Å². The van der Waals surface area contributed by atoms with Crippen LogP contribution >= 0.6 is 0 Å². The van der Waals surface area contributed by atoms with Gasteiger partial charge in [0.2, 0.25) is 0 Å². The van der Waals surface area contributed by atoms with Crippen LogP contribution in [0.4, 0.5) is 4.39 Å². The quantitative estimate of drug-likeness (QED) is 0.776. The van der Waals surface area contributed by atoms with Crippen LogP contribution in [0.5, 0.6) is 0 Å². The molecule has 2 nitrogen and oxygen atoms in total. The third-order valence-corrected chi connectivity index (χ3v) is 3.35. The molecule has 2 rings (SSSR count). The first kappa shape index (κ1) is 11.3. The Morgan fingerprint density at radius 3 is 2.81 bits per heavy atom. The fourth-order valence-electron chi connectivity index (χ4n) is 2.09. The molecule has 0 bridgehead atoms. The van der Waals surface area contributed by atoms with Gasteiger partial charge in [-0.2, -0.15) is 0 Å². The van der Waals surface area contributed by atoms with Gasteiger partial charge in [-0.3, -0.25) is 4.79 Å². The van der Waals surface area contributed by atoms with E-state index in [9.17, 15) is 9.18 Å². The summed E-state index contributed by atoms with van der Waals surface area (Å²) in [4.78, 5) is 12.2. The summed E-state index contributed by atoms with van der Waals surface area (Å²) in [7, 11) is 0. The van der Waals surface area contributed by atoms with Crippen molar-refractivity contribution < 1.29 is 9.18 Å². The zero-order valence-electron chi connectivity index (χ0n) is 9.64. The van der Waals surface area contributed by atoms with Crippen molar-refractivity contribution in [1.82, 2.24) is 5.32 Å². The number of aryl methyl sites for hydroxylation is 1. The number of carbonyl (C=O) groups is 1. The molecule has 1 fully saturated rings. The summed E-state index contributed by atoms with van der Waals surface area (Å²) in [6.45, 7) is 5.17. The van der Waals surface area contributed by atoms with Crippen LogP contribution in [0, 0.1) is 18.2 Å². The van der Waals surface area contributed by atoms with E-state index in [-0.39, 0.29) is 17.0 Å². The number of halogens is 1. The maximum absolute atomic E-state index is 13.4. The first-order valence-electron chi connectivity index (χ1n) is 5.55. The van der Waals surface area contributed by atoms with Gasteiger partial charge in [0.15, 0.2) is 5.78 Å². The molecular weight excluding hydrogens is 205 g/mol. The number of ketones is 1. The highest BCUT2D eigenvalue weighted by Gasteiger charge is 2.36. The lowest BCUT2D eigenvalue weighted by Gasteiger charge is -2.20. The fraction of sp³-hybridized carbons (Fsp3) is 0.462. The molecule has 1 aromatic rings. The third kappa shape index (κ3) is 1.87. The molecule has 16 heavy (non-hydrogen) atoms. The fourth-order valence-corrected chi connectivity index (χ4v) is 2.09. The maximum Gasteiger partial charge on any atom is 0.170 e. The molecule has 86 valence electrons. The predicted octanol–water partition coefficient (Wildman–Crippen LogP) is 2.32. The van der Waals surface area contributed by atoms with Crippen molar-refractivity contribution in [2.24, 2.45) is 5.41 Å². The smallest absolute Gasteiger partial charge is 0.170 e. The summed E-state index contributed by atoms with van der Waals surface area (Å²) in [5, 5.41) is 3.17. The van der Waals surface area contributed by atoms with Gasteiger partial charge in [-0.25, -0.2) is 4.39 Å². The molecule has 0 saturated carbocycles. The summed E-state index contributed by atoms with van der Waals surface area (Å²) in [5.41, 5.74) is 0.683. The molecule has 1 atom stereocenters. The minimum Gasteiger partial charge on any atom is -0.316 e. The zero-order chi connectivity index (χ0) is 11.8. The van der Waals surface area contributed by atoms with Crippen molar-refractivity contribution >= 4 is 5.78 Å². The molecule has 1 unspecified atom stereocenters. The Labute approximate surface area is 94.9 Å². The molecule has 0 aliphatic carbocycles. The Bertz CT molecular complexity index is 422. The second-order valence-corrected chi connectivity index (χ2v) is 4.78. The summed E-state index contributed by atoms with van der Waals surface area (Å²) < 4.78 is 13.4. The van der Waals surface area contributed by atoms with Crippen molar-refractivity contribution in [2.75, 3.05) is 13.1 Å². The Hall–Kier alpha value is -1.22. The van der Waals surface area contributed by atoms with Crippen molar-refractivity contribution in [3.63, 3.8) is 0 Å². The topological polar surface area (TPSA) is 29.1 Å². The van der Waals surface area contributed by atoms with Crippen LogP contribution in [0.15, 0.2) is 18.2 Å². The first-order valence-corrected chi connectivity index (χ1v) is 5.55. The van der Waals surface area contributed by atoms with Crippen LogP contribution in [0.1, 0.15) is 29.3 Å². The number of hydrogen-bond donors (Lipinski definition) is 1. The average Bonchev–Trinajstić information content (AvgIpc) is 2.70. The molecule has 1 aliphatic heterocycles. The zero-order valence-corrected chi connectivity index (χ0v) is 9.64.